The Balaban J connectivity index is 0. The van der Waals surface area contributed by atoms with Crippen molar-refractivity contribution >= 4 is 23.7 Å². The van der Waals surface area contributed by atoms with Crippen LogP contribution in [-0.4, -0.2) is 30.0 Å². The fourth-order valence-electron chi connectivity index (χ4n) is 3.24. The van der Waals surface area contributed by atoms with Crippen molar-refractivity contribution in [2.75, 3.05) is 12.0 Å². The topological polar surface area (TPSA) is 69.4 Å². The number of carbonyl (C=O) groups is 2. The summed E-state index contributed by atoms with van der Waals surface area (Å²) in [5.41, 5.74) is 5.70. The summed E-state index contributed by atoms with van der Waals surface area (Å²) in [4.78, 5) is 23.3. The molecular weight excluding hydrogens is 434 g/mol. The van der Waals surface area contributed by atoms with Crippen molar-refractivity contribution in [3.63, 3.8) is 0 Å². The molecule has 1 radical (unpaired) electrons. The van der Waals surface area contributed by atoms with Gasteiger partial charge in [-0.1, -0.05) is 96.8 Å². The first-order valence-corrected chi connectivity index (χ1v) is 13.0. The van der Waals surface area contributed by atoms with Gasteiger partial charge in [0.25, 0.3) is 0 Å². The number of unbranched alkanes of at least 4 members (excludes halogenated alkanes) is 14. The van der Waals surface area contributed by atoms with Gasteiger partial charge in [-0.15, -0.1) is 0 Å². The zero-order valence-corrected chi connectivity index (χ0v) is 20.6. The number of ether oxygens (including phenoxy) is 1. The quantitative estimate of drug-likeness (QED) is 0.0948. The van der Waals surface area contributed by atoms with Gasteiger partial charge >= 0.3 is 11.9 Å². The van der Waals surface area contributed by atoms with Gasteiger partial charge in [0.15, 0.2) is 0 Å². The van der Waals surface area contributed by atoms with Crippen LogP contribution in [0.15, 0.2) is 0 Å². The van der Waals surface area contributed by atoms with Gasteiger partial charge in [-0.2, -0.15) is 11.8 Å². The van der Waals surface area contributed by atoms with Crippen molar-refractivity contribution in [2.45, 2.75) is 122 Å². The van der Waals surface area contributed by atoms with E-state index in [1.165, 1.54) is 77.0 Å². The summed E-state index contributed by atoms with van der Waals surface area (Å²) in [6.45, 7) is 2.27. The van der Waals surface area contributed by atoms with Crippen molar-refractivity contribution in [2.24, 2.45) is 5.73 Å². The molecule has 0 aromatic rings. The van der Waals surface area contributed by atoms with Gasteiger partial charge in [0.1, 0.15) is 6.04 Å². The van der Waals surface area contributed by atoms with Gasteiger partial charge in [-0.05, 0) is 24.9 Å². The Morgan fingerprint density at radius 1 is 0.793 bits per heavy atom. The first-order valence-electron chi connectivity index (χ1n) is 11.6. The van der Waals surface area contributed by atoms with E-state index < -0.39 is 18.0 Å². The second-order valence-corrected chi connectivity index (χ2v) is 8.87. The Kier molecular flexibility index (Phi) is 26.0. The van der Waals surface area contributed by atoms with E-state index in [1.54, 1.807) is 11.8 Å². The molecule has 0 fully saturated rings. The molecule has 29 heavy (non-hydrogen) atoms. The molecule has 0 aliphatic heterocycles. The molecule has 0 aromatic heterocycles. The first kappa shape index (κ1) is 31.2. The molecule has 0 saturated heterocycles. The van der Waals surface area contributed by atoms with Gasteiger partial charge in [-0.25, -0.2) is 4.79 Å². The Bertz CT molecular complexity index is 383. The summed E-state index contributed by atoms with van der Waals surface area (Å²) in [7, 11) is 0. The third-order valence-electron chi connectivity index (χ3n) is 5.13. The molecule has 0 saturated carbocycles. The van der Waals surface area contributed by atoms with Gasteiger partial charge in [0.05, 0.1) is 0 Å². The predicted octanol–water partition coefficient (Wildman–Crippen LogP) is 6.40. The molecule has 6 heteroatoms. The molecule has 0 aromatic carbocycles. The minimum atomic E-state index is -0.683. The first-order chi connectivity index (χ1) is 13.6. The van der Waals surface area contributed by atoms with Gasteiger partial charge < -0.3 is 10.5 Å². The molecule has 0 bridgehead atoms. The predicted molar refractivity (Wildman–Crippen MR) is 122 cm³/mol. The zero-order valence-electron chi connectivity index (χ0n) is 18.8. The Labute approximate surface area is 194 Å². The molecule has 0 heterocycles. The number of nitrogens with two attached hydrogens (primary N) is 1. The molecule has 0 unspecified atom stereocenters. The summed E-state index contributed by atoms with van der Waals surface area (Å²) >= 11 is 1.63. The number of carbonyl (C=O) groups excluding carboxylic acids is 2. The number of rotatable bonds is 20. The second kappa shape index (κ2) is 24.2. The van der Waals surface area contributed by atoms with Gasteiger partial charge in [0.2, 0.25) is 0 Å². The monoisotopic (exact) mass is 478 g/mol. The molecule has 2 N–H and O–H groups in total. The molecule has 0 aliphatic carbocycles. The van der Waals surface area contributed by atoms with E-state index in [1.807, 2.05) is 6.26 Å². The van der Waals surface area contributed by atoms with Crippen molar-refractivity contribution in [1.29, 1.82) is 0 Å². The maximum Gasteiger partial charge on any atom is 0.330 e. The van der Waals surface area contributed by atoms with E-state index in [0.717, 1.165) is 25.0 Å². The summed E-state index contributed by atoms with van der Waals surface area (Å²) in [5, 5.41) is 0. The minimum Gasteiger partial charge on any atom is -0.392 e. The average molecular weight is 479 g/mol. The number of esters is 2. The summed E-state index contributed by atoms with van der Waals surface area (Å²) in [6.07, 6.45) is 22.2. The van der Waals surface area contributed by atoms with Gasteiger partial charge in [-0.3, -0.25) is 4.79 Å². The van der Waals surface area contributed by atoms with E-state index in [-0.39, 0.29) is 17.1 Å². The normalized spacial score (nSPS) is 11.7. The number of hydrogen-bond donors (Lipinski definition) is 1. The van der Waals surface area contributed by atoms with Crippen LogP contribution >= 0.6 is 11.8 Å². The second-order valence-electron chi connectivity index (χ2n) is 7.88. The van der Waals surface area contributed by atoms with Crippen LogP contribution in [0.1, 0.15) is 116 Å². The van der Waals surface area contributed by atoms with Crippen LogP contribution in [0.4, 0.5) is 0 Å². The SMILES string of the molecule is CCCCCCCCCCCCCCCCCC(=O)OC(=O)[C@@H](N)CCSC.[Cu]. The maximum absolute atomic E-state index is 11.7. The van der Waals surface area contributed by atoms with Crippen molar-refractivity contribution in [3.8, 4) is 0 Å². The van der Waals surface area contributed by atoms with Crippen molar-refractivity contribution in [1.82, 2.24) is 0 Å². The van der Waals surface area contributed by atoms with Crippen LogP contribution in [0, 0.1) is 0 Å². The van der Waals surface area contributed by atoms with E-state index in [0.29, 0.717) is 12.8 Å². The van der Waals surface area contributed by atoms with Gasteiger partial charge in [0, 0.05) is 23.5 Å². The van der Waals surface area contributed by atoms with Crippen LogP contribution in [0.3, 0.4) is 0 Å². The fourth-order valence-corrected chi connectivity index (χ4v) is 3.73. The standard InChI is InChI=1S/C23H45NO3S.Cu/c1-3-4-5-6-7-8-9-10-11-12-13-14-15-16-17-18-22(25)27-23(26)21(24)19-20-28-2;/h21H,3-20,24H2,1-2H3;/t21-;/m0./s1. The van der Waals surface area contributed by atoms with Crippen molar-refractivity contribution < 1.29 is 31.4 Å². The van der Waals surface area contributed by atoms with Crippen LogP contribution in [0.2, 0.25) is 0 Å². The largest absolute Gasteiger partial charge is 0.392 e. The summed E-state index contributed by atoms with van der Waals surface area (Å²) < 4.78 is 4.82. The van der Waals surface area contributed by atoms with E-state index >= 15 is 0 Å². The number of thioether (sulfide) groups is 1. The average Bonchev–Trinajstić information content (AvgIpc) is 2.68. The molecule has 177 valence electrons. The van der Waals surface area contributed by atoms with Crippen LogP contribution < -0.4 is 5.73 Å². The molecule has 0 amide bonds. The van der Waals surface area contributed by atoms with E-state index in [4.69, 9.17) is 10.5 Å². The zero-order chi connectivity index (χ0) is 20.9. The molecular formula is C23H45CuNO3S. The maximum atomic E-state index is 11.7. The van der Waals surface area contributed by atoms with Crippen LogP contribution in [0.5, 0.6) is 0 Å². The summed E-state index contributed by atoms with van der Waals surface area (Å²) in [5.74, 6) is -0.219. The van der Waals surface area contributed by atoms with Crippen LogP contribution in [-0.2, 0) is 31.4 Å². The molecule has 1 atom stereocenters. The fraction of sp³-hybridized carbons (Fsp3) is 0.913. The smallest absolute Gasteiger partial charge is 0.330 e. The third kappa shape index (κ3) is 22.5. The molecule has 0 aliphatic rings. The minimum absolute atomic E-state index is 0. The van der Waals surface area contributed by atoms with E-state index in [2.05, 4.69) is 6.92 Å². The third-order valence-corrected chi connectivity index (χ3v) is 5.78. The Hall–Kier alpha value is -0.0305. The molecule has 4 nitrogen and oxygen atoms in total. The number of hydrogen-bond acceptors (Lipinski definition) is 5. The van der Waals surface area contributed by atoms with Crippen molar-refractivity contribution in [3.05, 3.63) is 0 Å². The molecule has 0 rings (SSSR count). The Morgan fingerprint density at radius 2 is 1.21 bits per heavy atom. The molecule has 0 spiro atoms. The van der Waals surface area contributed by atoms with Crippen LogP contribution in [0.25, 0.3) is 0 Å². The van der Waals surface area contributed by atoms with E-state index in [9.17, 15) is 9.59 Å². The summed E-state index contributed by atoms with van der Waals surface area (Å²) in [6, 6.07) is -0.683. The Morgan fingerprint density at radius 3 is 1.62 bits per heavy atom.